The van der Waals surface area contributed by atoms with Gasteiger partial charge in [-0.25, -0.2) is 4.39 Å². The van der Waals surface area contributed by atoms with Crippen molar-refractivity contribution in [1.29, 1.82) is 0 Å². The van der Waals surface area contributed by atoms with Crippen LogP contribution >= 0.6 is 0 Å². The first-order valence-electron chi connectivity index (χ1n) is 12.5. The maximum atomic E-state index is 13.5. The van der Waals surface area contributed by atoms with Crippen LogP contribution in [-0.4, -0.2) is 66.4 Å². The lowest BCUT2D eigenvalue weighted by Gasteiger charge is -2.43. The van der Waals surface area contributed by atoms with Gasteiger partial charge in [-0.2, -0.15) is 0 Å². The molecule has 3 atom stereocenters. The molecule has 4 fully saturated rings. The number of carbonyl (C=O) groups is 2. The monoisotopic (exact) mass is 458 g/mol. The normalized spacial score (nSPS) is 38.7. The number of halogens is 1. The Labute approximate surface area is 195 Å². The average Bonchev–Trinajstić information content (AvgIpc) is 3.05. The van der Waals surface area contributed by atoms with Crippen LogP contribution < -0.4 is 5.32 Å². The zero-order valence-corrected chi connectivity index (χ0v) is 19.4. The van der Waals surface area contributed by atoms with Crippen LogP contribution in [0.4, 0.5) is 4.39 Å². The Hall–Kier alpha value is -1.99. The molecule has 4 aliphatic rings. The van der Waals surface area contributed by atoms with Crippen molar-refractivity contribution in [2.24, 2.45) is 5.92 Å². The number of nitrogens with one attached hydrogen (secondary N) is 1. The lowest BCUT2D eigenvalue weighted by molar-refractivity contribution is -0.150. The molecule has 1 N–H and O–H groups in total. The van der Waals surface area contributed by atoms with Crippen LogP contribution in [0.2, 0.25) is 0 Å². The fourth-order valence-corrected chi connectivity index (χ4v) is 6.39. The third-order valence-corrected chi connectivity index (χ3v) is 8.21. The van der Waals surface area contributed by atoms with E-state index in [1.54, 1.807) is 0 Å². The Bertz CT molecular complexity index is 853. The highest BCUT2D eigenvalue weighted by Crippen LogP contribution is 2.41. The summed E-state index contributed by atoms with van der Waals surface area (Å²) in [5, 5.41) is 3.15. The summed E-state index contributed by atoms with van der Waals surface area (Å²) in [4.78, 5) is 27.4. The first-order valence-corrected chi connectivity index (χ1v) is 12.5. The van der Waals surface area contributed by atoms with Gasteiger partial charge in [0.15, 0.2) is 0 Å². The average molecular weight is 459 g/mol. The molecule has 2 aliphatic carbocycles. The zero-order valence-electron chi connectivity index (χ0n) is 19.4. The van der Waals surface area contributed by atoms with Gasteiger partial charge in [-0.3, -0.25) is 9.59 Å². The lowest BCUT2D eigenvalue weighted by Crippen LogP contribution is -2.65. The molecule has 2 saturated heterocycles. The molecule has 2 saturated carbocycles. The molecular formula is C26H35FN2O4. The molecule has 0 aromatic heterocycles. The summed E-state index contributed by atoms with van der Waals surface area (Å²) in [7, 11) is 0. The largest absolute Gasteiger partial charge is 0.376 e. The van der Waals surface area contributed by atoms with Crippen LogP contribution in [-0.2, 0) is 19.1 Å². The minimum atomic E-state index is -0.877. The van der Waals surface area contributed by atoms with Crippen LogP contribution in [0.25, 0.3) is 0 Å². The molecule has 180 valence electrons. The summed E-state index contributed by atoms with van der Waals surface area (Å²) in [6.45, 7) is 2.80. The summed E-state index contributed by atoms with van der Waals surface area (Å²) in [6, 6.07) is 10.3. The molecule has 1 spiro atoms. The molecule has 2 aliphatic heterocycles. The van der Waals surface area contributed by atoms with Crippen LogP contribution in [0.1, 0.15) is 63.4 Å². The number of rotatable bonds is 5. The molecule has 1 aromatic rings. The summed E-state index contributed by atoms with van der Waals surface area (Å²) in [5.41, 5.74) is 0.759. The number of amides is 2. The van der Waals surface area contributed by atoms with Crippen molar-refractivity contribution in [3.8, 4) is 0 Å². The van der Waals surface area contributed by atoms with Crippen LogP contribution in [0.15, 0.2) is 30.3 Å². The van der Waals surface area contributed by atoms with E-state index in [2.05, 4.69) is 35.6 Å². The summed E-state index contributed by atoms with van der Waals surface area (Å²) >= 11 is 0. The minimum absolute atomic E-state index is 0.00511. The van der Waals surface area contributed by atoms with E-state index in [0.717, 1.165) is 25.7 Å². The Morgan fingerprint density at radius 2 is 1.94 bits per heavy atom. The quantitative estimate of drug-likeness (QED) is 0.735. The number of morpholine rings is 1. The number of benzene rings is 1. The van der Waals surface area contributed by atoms with Gasteiger partial charge in [0, 0.05) is 12.0 Å². The van der Waals surface area contributed by atoms with E-state index in [9.17, 15) is 14.0 Å². The molecule has 5 rings (SSSR count). The lowest BCUT2D eigenvalue weighted by atomic mass is 9.81. The highest BCUT2D eigenvalue weighted by molar-refractivity contribution is 5.82. The number of alkyl halides is 1. The van der Waals surface area contributed by atoms with Crippen molar-refractivity contribution < 1.29 is 23.5 Å². The van der Waals surface area contributed by atoms with E-state index in [4.69, 9.17) is 9.47 Å². The van der Waals surface area contributed by atoms with Crippen molar-refractivity contribution in [1.82, 2.24) is 10.2 Å². The second-order valence-corrected chi connectivity index (χ2v) is 10.5. The van der Waals surface area contributed by atoms with Gasteiger partial charge < -0.3 is 19.7 Å². The topological polar surface area (TPSA) is 67.9 Å². The van der Waals surface area contributed by atoms with Gasteiger partial charge in [0.1, 0.15) is 12.8 Å². The number of hydrogen-bond acceptors (Lipinski definition) is 4. The maximum absolute atomic E-state index is 13.5. The third kappa shape index (κ3) is 4.54. The number of hydrogen-bond donors (Lipinski definition) is 1. The summed E-state index contributed by atoms with van der Waals surface area (Å²) in [6.07, 6.45) is 4.64. The van der Waals surface area contributed by atoms with Gasteiger partial charge in [-0.1, -0.05) is 30.3 Å². The second kappa shape index (κ2) is 9.34. The number of ether oxygens (including phenoxy) is 2. The molecule has 7 heteroatoms. The van der Waals surface area contributed by atoms with E-state index in [-0.39, 0.29) is 42.5 Å². The van der Waals surface area contributed by atoms with Gasteiger partial charge in [-0.05, 0) is 63.4 Å². The fraction of sp³-hybridized carbons (Fsp3) is 0.692. The molecule has 1 aromatic carbocycles. The first kappa shape index (κ1) is 22.8. The molecule has 2 heterocycles. The molecule has 0 bridgehead atoms. The summed E-state index contributed by atoms with van der Waals surface area (Å²) < 4.78 is 25.5. The van der Waals surface area contributed by atoms with Gasteiger partial charge in [0.2, 0.25) is 11.8 Å². The number of carbonyl (C=O) groups excluding carboxylic acids is 2. The molecule has 0 radical (unpaired) electrons. The van der Waals surface area contributed by atoms with Crippen molar-refractivity contribution in [3.63, 3.8) is 0 Å². The highest BCUT2D eigenvalue weighted by atomic mass is 19.1. The van der Waals surface area contributed by atoms with Crippen LogP contribution in [0.3, 0.4) is 0 Å². The van der Waals surface area contributed by atoms with Gasteiger partial charge in [0.05, 0.1) is 30.9 Å². The molecule has 2 amide bonds. The molecule has 6 nitrogen and oxygen atoms in total. The number of likely N-dealkylation sites (tertiary alicyclic amines) is 1. The fourth-order valence-electron chi connectivity index (χ4n) is 6.39. The van der Waals surface area contributed by atoms with Crippen molar-refractivity contribution in [3.05, 3.63) is 35.9 Å². The zero-order chi connectivity index (χ0) is 23.0. The SMILES string of the molecule is C[C@@H]1C[C@@]2(COCC(=O)N2)[C@H](COC2CCC(c3ccccc3)CC2)N1C(=O)C1CC(F)C1. The summed E-state index contributed by atoms with van der Waals surface area (Å²) in [5.74, 6) is 0.153. The van der Waals surface area contributed by atoms with Crippen LogP contribution in [0.5, 0.6) is 0 Å². The van der Waals surface area contributed by atoms with Gasteiger partial charge >= 0.3 is 0 Å². The van der Waals surface area contributed by atoms with Crippen molar-refractivity contribution >= 4 is 11.8 Å². The highest BCUT2D eigenvalue weighted by Gasteiger charge is 2.56. The predicted molar refractivity (Wildman–Crippen MR) is 121 cm³/mol. The van der Waals surface area contributed by atoms with Crippen LogP contribution in [0, 0.1) is 5.92 Å². The standard InChI is InChI=1S/C26H35FN2O4/c1-17-13-26(16-32-15-24(30)28-26)23(29(17)25(31)20-11-21(27)12-20)14-33-22-9-7-19(8-10-22)18-5-3-2-4-6-18/h2-6,17,19-23H,7-16H2,1H3,(H,28,30)/t17-,19?,20?,21?,22?,23+,26-/m1/s1. The number of nitrogens with zero attached hydrogens (tertiary/aromatic N) is 1. The molecule has 33 heavy (non-hydrogen) atoms. The Morgan fingerprint density at radius 1 is 1.21 bits per heavy atom. The van der Waals surface area contributed by atoms with E-state index >= 15 is 0 Å². The smallest absolute Gasteiger partial charge is 0.246 e. The molecular weight excluding hydrogens is 423 g/mol. The predicted octanol–water partition coefficient (Wildman–Crippen LogP) is 3.35. The Morgan fingerprint density at radius 3 is 2.61 bits per heavy atom. The maximum Gasteiger partial charge on any atom is 0.246 e. The minimum Gasteiger partial charge on any atom is -0.376 e. The van der Waals surface area contributed by atoms with Crippen molar-refractivity contribution in [2.45, 2.75) is 87.7 Å². The van der Waals surface area contributed by atoms with Crippen molar-refractivity contribution in [2.75, 3.05) is 19.8 Å². The Balaban J connectivity index is 1.26. The third-order valence-electron chi connectivity index (χ3n) is 8.21. The Kier molecular flexibility index (Phi) is 6.45. The first-order chi connectivity index (χ1) is 15.9. The second-order valence-electron chi connectivity index (χ2n) is 10.5. The van der Waals surface area contributed by atoms with Gasteiger partial charge in [0.25, 0.3) is 0 Å². The van der Waals surface area contributed by atoms with Gasteiger partial charge in [-0.15, -0.1) is 0 Å². The van der Waals surface area contributed by atoms with E-state index in [1.807, 2.05) is 11.8 Å². The molecule has 0 unspecified atom stereocenters. The van der Waals surface area contributed by atoms with E-state index in [0.29, 0.717) is 38.4 Å². The van der Waals surface area contributed by atoms with E-state index < -0.39 is 11.7 Å². The van der Waals surface area contributed by atoms with E-state index in [1.165, 1.54) is 5.56 Å².